The Morgan fingerprint density at radius 2 is 1.96 bits per heavy atom. The number of hydrogen-bond acceptors (Lipinski definition) is 5. The third-order valence-electron chi connectivity index (χ3n) is 4.95. The predicted octanol–water partition coefficient (Wildman–Crippen LogP) is 2.68. The number of rotatable bonds is 5. The minimum Gasteiger partial charge on any atom is -0.497 e. The van der Waals surface area contributed by atoms with Gasteiger partial charge in [0.05, 0.1) is 12.0 Å². The summed E-state index contributed by atoms with van der Waals surface area (Å²) in [5.74, 6) is 2.48. The smallest absolute Gasteiger partial charge is 0.243 e. The van der Waals surface area contributed by atoms with Crippen LogP contribution in [0.15, 0.2) is 29.2 Å². The molecule has 7 heteroatoms. The summed E-state index contributed by atoms with van der Waals surface area (Å²) in [7, 11) is -1.94. The number of thioether (sulfide) groups is 1. The second-order valence-corrected chi connectivity index (χ2v) is 9.78. The van der Waals surface area contributed by atoms with Gasteiger partial charge in [0.25, 0.3) is 0 Å². The van der Waals surface area contributed by atoms with Crippen LogP contribution in [0.5, 0.6) is 5.75 Å². The van der Waals surface area contributed by atoms with E-state index in [0.29, 0.717) is 17.2 Å². The van der Waals surface area contributed by atoms with Crippen LogP contribution in [-0.2, 0) is 10.0 Å². The minimum atomic E-state index is -3.50. The highest BCUT2D eigenvalue weighted by atomic mass is 32.2. The molecule has 0 spiro atoms. The lowest BCUT2D eigenvalue weighted by atomic mass is 10.1. The van der Waals surface area contributed by atoms with Crippen molar-refractivity contribution in [2.24, 2.45) is 0 Å². The van der Waals surface area contributed by atoms with E-state index in [9.17, 15) is 8.42 Å². The summed E-state index contributed by atoms with van der Waals surface area (Å²) in [6.07, 6.45) is 4.65. The highest BCUT2D eigenvalue weighted by molar-refractivity contribution is 7.99. The largest absolute Gasteiger partial charge is 0.497 e. The number of ether oxygens (including phenoxy) is 1. The molecule has 2 heterocycles. The molecule has 0 amide bonds. The molecule has 5 nitrogen and oxygen atoms in total. The molecule has 3 rings (SSSR count). The van der Waals surface area contributed by atoms with Crippen LogP contribution in [0.3, 0.4) is 0 Å². The van der Waals surface area contributed by atoms with E-state index in [1.807, 2.05) is 11.8 Å². The first-order valence-corrected chi connectivity index (χ1v) is 11.7. The summed E-state index contributed by atoms with van der Waals surface area (Å²) in [5.41, 5.74) is 0. The van der Waals surface area contributed by atoms with Gasteiger partial charge in [-0.05, 0) is 50.2 Å². The Hall–Kier alpha value is -0.760. The van der Waals surface area contributed by atoms with E-state index < -0.39 is 10.0 Å². The second kappa shape index (κ2) is 8.75. The monoisotopic (exact) mass is 384 g/mol. The van der Waals surface area contributed by atoms with Gasteiger partial charge in [-0.25, -0.2) is 8.42 Å². The van der Waals surface area contributed by atoms with Gasteiger partial charge in [0, 0.05) is 31.0 Å². The normalized spacial score (nSPS) is 24.0. The van der Waals surface area contributed by atoms with Crippen molar-refractivity contribution in [1.82, 2.24) is 9.21 Å². The molecule has 0 saturated carbocycles. The van der Waals surface area contributed by atoms with Gasteiger partial charge < -0.3 is 9.64 Å². The molecular formula is C18H28N2O3S2. The van der Waals surface area contributed by atoms with E-state index in [4.69, 9.17) is 4.74 Å². The zero-order valence-electron chi connectivity index (χ0n) is 14.9. The zero-order chi connectivity index (χ0) is 17.7. The number of piperidine rings is 1. The first-order chi connectivity index (χ1) is 12.1. The first kappa shape index (κ1) is 19.0. The molecule has 0 bridgehead atoms. The van der Waals surface area contributed by atoms with Crippen LogP contribution in [0.2, 0.25) is 0 Å². The van der Waals surface area contributed by atoms with Crippen molar-refractivity contribution in [2.75, 3.05) is 44.8 Å². The van der Waals surface area contributed by atoms with Gasteiger partial charge in [-0.3, -0.25) is 0 Å². The fourth-order valence-corrected chi connectivity index (χ4v) is 6.45. The maximum atomic E-state index is 13.3. The summed E-state index contributed by atoms with van der Waals surface area (Å²) in [4.78, 5) is 2.77. The van der Waals surface area contributed by atoms with E-state index in [1.165, 1.54) is 19.3 Å². The van der Waals surface area contributed by atoms with Crippen LogP contribution in [-0.4, -0.2) is 68.5 Å². The quantitative estimate of drug-likeness (QED) is 0.781. The van der Waals surface area contributed by atoms with Gasteiger partial charge in [-0.15, -0.1) is 0 Å². The molecule has 0 aromatic heterocycles. The molecule has 1 atom stereocenters. The fourth-order valence-electron chi connectivity index (χ4n) is 3.60. The summed E-state index contributed by atoms with van der Waals surface area (Å²) in [6.45, 7) is 3.63. The second-order valence-electron chi connectivity index (χ2n) is 6.74. The number of sulfonamides is 1. The number of benzene rings is 1. The van der Waals surface area contributed by atoms with Gasteiger partial charge in [-0.2, -0.15) is 16.1 Å². The molecule has 1 unspecified atom stereocenters. The lowest BCUT2D eigenvalue weighted by molar-refractivity contribution is 0.183. The number of methoxy groups -OCH3 is 1. The number of hydrogen-bond donors (Lipinski definition) is 0. The van der Waals surface area contributed by atoms with Crippen molar-refractivity contribution >= 4 is 21.8 Å². The van der Waals surface area contributed by atoms with Gasteiger partial charge in [0.15, 0.2) is 0 Å². The molecule has 0 aliphatic carbocycles. The molecule has 0 radical (unpaired) electrons. The molecule has 0 N–H and O–H groups in total. The SMILES string of the molecule is COc1cccc(S(=O)(=O)N2CCCSCC2CN2CCCCC2)c1. The molecule has 2 aliphatic rings. The fraction of sp³-hybridized carbons (Fsp3) is 0.667. The predicted molar refractivity (Wildman–Crippen MR) is 103 cm³/mol. The molecule has 2 saturated heterocycles. The van der Waals surface area contributed by atoms with Crippen molar-refractivity contribution in [3.63, 3.8) is 0 Å². The topological polar surface area (TPSA) is 49.9 Å². The average Bonchev–Trinajstić information content (AvgIpc) is 2.88. The van der Waals surface area contributed by atoms with E-state index in [-0.39, 0.29) is 6.04 Å². The van der Waals surface area contributed by atoms with Crippen LogP contribution in [0.4, 0.5) is 0 Å². The standard InChI is InChI=1S/C18H28N2O3S2/c1-23-17-7-5-8-18(13-17)25(21,22)20-11-6-12-24-15-16(20)14-19-9-3-2-4-10-19/h5,7-8,13,16H,2-4,6,9-12,14-15H2,1H3. The van der Waals surface area contributed by atoms with Gasteiger partial charge in [0.2, 0.25) is 10.0 Å². The molecular weight excluding hydrogens is 356 g/mol. The van der Waals surface area contributed by atoms with E-state index in [2.05, 4.69) is 4.90 Å². The van der Waals surface area contributed by atoms with Gasteiger partial charge in [-0.1, -0.05) is 12.5 Å². The third kappa shape index (κ3) is 4.70. The highest BCUT2D eigenvalue weighted by Gasteiger charge is 2.34. The van der Waals surface area contributed by atoms with Crippen molar-refractivity contribution in [3.05, 3.63) is 24.3 Å². The van der Waals surface area contributed by atoms with Crippen molar-refractivity contribution < 1.29 is 13.2 Å². The Morgan fingerprint density at radius 3 is 2.72 bits per heavy atom. The Morgan fingerprint density at radius 1 is 1.16 bits per heavy atom. The Balaban J connectivity index is 1.83. The molecule has 1 aromatic carbocycles. The first-order valence-electron chi connectivity index (χ1n) is 9.07. The summed E-state index contributed by atoms with van der Waals surface area (Å²) < 4.78 is 33.6. The lowest BCUT2D eigenvalue weighted by Crippen LogP contribution is -2.49. The Bertz CT molecular complexity index is 660. The van der Waals surface area contributed by atoms with Crippen molar-refractivity contribution in [3.8, 4) is 5.75 Å². The van der Waals surface area contributed by atoms with Crippen LogP contribution in [0.25, 0.3) is 0 Å². The molecule has 2 fully saturated rings. The van der Waals surface area contributed by atoms with E-state index in [0.717, 1.165) is 37.6 Å². The Kier molecular flexibility index (Phi) is 6.66. The minimum absolute atomic E-state index is 0.0433. The molecule has 140 valence electrons. The maximum absolute atomic E-state index is 13.3. The summed E-state index contributed by atoms with van der Waals surface area (Å²) >= 11 is 1.88. The molecule has 25 heavy (non-hydrogen) atoms. The molecule has 2 aliphatic heterocycles. The zero-order valence-corrected chi connectivity index (χ0v) is 16.5. The highest BCUT2D eigenvalue weighted by Crippen LogP contribution is 2.27. The third-order valence-corrected chi connectivity index (χ3v) is 8.10. The van der Waals surface area contributed by atoms with Crippen molar-refractivity contribution in [2.45, 2.75) is 36.6 Å². The molecule has 1 aromatic rings. The average molecular weight is 385 g/mol. The van der Waals surface area contributed by atoms with Gasteiger partial charge in [0.1, 0.15) is 5.75 Å². The van der Waals surface area contributed by atoms with Crippen molar-refractivity contribution in [1.29, 1.82) is 0 Å². The van der Waals surface area contributed by atoms with E-state index in [1.54, 1.807) is 35.7 Å². The summed E-state index contributed by atoms with van der Waals surface area (Å²) in [6, 6.07) is 6.88. The van der Waals surface area contributed by atoms with Crippen LogP contribution >= 0.6 is 11.8 Å². The lowest BCUT2D eigenvalue weighted by Gasteiger charge is -2.35. The van der Waals surface area contributed by atoms with E-state index >= 15 is 0 Å². The summed E-state index contributed by atoms with van der Waals surface area (Å²) in [5, 5.41) is 0. The number of nitrogens with zero attached hydrogens (tertiary/aromatic N) is 2. The van der Waals surface area contributed by atoms with Crippen LogP contribution < -0.4 is 4.74 Å². The van der Waals surface area contributed by atoms with Crippen LogP contribution in [0, 0.1) is 0 Å². The Labute approximate surface area is 155 Å². The maximum Gasteiger partial charge on any atom is 0.243 e. The van der Waals surface area contributed by atoms with Crippen LogP contribution in [0.1, 0.15) is 25.7 Å². The van der Waals surface area contributed by atoms with Gasteiger partial charge >= 0.3 is 0 Å². The number of likely N-dealkylation sites (tertiary alicyclic amines) is 1.